The first-order valence-corrected chi connectivity index (χ1v) is 13.9. The van der Waals surface area contributed by atoms with Gasteiger partial charge in [-0.2, -0.15) is 0 Å². The third-order valence-electron chi connectivity index (χ3n) is 8.78. The van der Waals surface area contributed by atoms with Crippen LogP contribution in [0, 0.1) is 11.8 Å². The van der Waals surface area contributed by atoms with E-state index in [1.807, 2.05) is 55.6 Å². The number of imide groups is 1. The zero-order chi connectivity index (χ0) is 28.5. The molecule has 41 heavy (non-hydrogen) atoms. The number of nitrogens with one attached hydrogen (secondary N) is 4. The molecule has 4 amide bonds. The molecule has 7 rings (SSSR count). The maximum atomic E-state index is 14.3. The lowest BCUT2D eigenvalue weighted by atomic mass is 9.76. The molecule has 0 unspecified atom stereocenters. The van der Waals surface area contributed by atoms with Crippen LogP contribution in [0.25, 0.3) is 10.9 Å². The highest BCUT2D eigenvalue weighted by Crippen LogP contribution is 2.54. The van der Waals surface area contributed by atoms with E-state index in [2.05, 4.69) is 20.9 Å². The normalized spacial score (nSPS) is 24.7. The van der Waals surface area contributed by atoms with Crippen molar-refractivity contribution in [1.82, 2.24) is 10.3 Å². The Hall–Kier alpha value is -4.76. The van der Waals surface area contributed by atoms with Crippen molar-refractivity contribution in [2.45, 2.75) is 38.3 Å². The molecule has 3 aliphatic heterocycles. The summed E-state index contributed by atoms with van der Waals surface area (Å²) in [7, 11) is 0. The summed E-state index contributed by atoms with van der Waals surface area (Å²) in [5, 5.41) is 10.4. The smallest absolute Gasteiger partial charge is 0.250 e. The molecule has 2 fully saturated rings. The van der Waals surface area contributed by atoms with Gasteiger partial charge in [-0.3, -0.25) is 24.5 Å². The van der Waals surface area contributed by atoms with Crippen molar-refractivity contribution in [2.75, 3.05) is 15.5 Å². The molecule has 4 N–H and O–H groups in total. The number of carbonyl (C=O) groups is 4. The number of fused-ring (bicyclic) bond motifs is 5. The Morgan fingerprint density at radius 3 is 2.49 bits per heavy atom. The van der Waals surface area contributed by atoms with Gasteiger partial charge in [-0.1, -0.05) is 43.3 Å². The van der Waals surface area contributed by atoms with E-state index >= 15 is 0 Å². The number of aromatic nitrogens is 1. The molecule has 0 saturated carbocycles. The molecule has 9 heteroatoms. The fourth-order valence-electron chi connectivity index (χ4n) is 7.05. The van der Waals surface area contributed by atoms with Gasteiger partial charge in [0, 0.05) is 47.0 Å². The number of anilines is 3. The zero-order valence-electron chi connectivity index (χ0n) is 22.7. The number of nitrogens with zero attached hydrogens (tertiary/aromatic N) is 1. The van der Waals surface area contributed by atoms with E-state index in [1.165, 1.54) is 11.8 Å². The lowest BCUT2D eigenvalue weighted by molar-refractivity contribution is -0.130. The van der Waals surface area contributed by atoms with Crippen LogP contribution < -0.4 is 20.9 Å². The fraction of sp³-hybridized carbons (Fsp3) is 0.250. The van der Waals surface area contributed by atoms with E-state index in [0.717, 1.165) is 27.7 Å². The summed E-state index contributed by atoms with van der Waals surface area (Å²) in [5.74, 6) is -2.96. The molecule has 3 aliphatic rings. The standard InChI is InChI=1S/C32H29N5O4/c1-3-18-7-6-9-23-28(18)35-31(41)32(23)27-26(25(36-32)15-19-16-33-24-10-5-4-8-22(19)24)29(39)37(30(27)40)21-13-11-20(12-14-21)34-17(2)38/h4-14,16,25-27,33,36H,3,15H2,1-2H3,(H,34,38)(H,35,41)/t25-,26+,27+,32-/m0/s1. The van der Waals surface area contributed by atoms with Crippen LogP contribution in [-0.2, 0) is 37.6 Å². The summed E-state index contributed by atoms with van der Waals surface area (Å²) < 4.78 is 0. The lowest BCUT2D eigenvalue weighted by Crippen LogP contribution is -2.53. The van der Waals surface area contributed by atoms with Gasteiger partial charge in [0.1, 0.15) is 5.54 Å². The lowest BCUT2D eigenvalue weighted by Gasteiger charge is -2.29. The van der Waals surface area contributed by atoms with Gasteiger partial charge >= 0.3 is 0 Å². The molecule has 9 nitrogen and oxygen atoms in total. The van der Waals surface area contributed by atoms with Crippen LogP contribution in [0.5, 0.6) is 0 Å². The van der Waals surface area contributed by atoms with Crippen LogP contribution in [0.4, 0.5) is 17.1 Å². The SMILES string of the molecule is CCc1cccc2c1NC(=O)[C@]21N[C@@H](Cc2c[nH]c3ccccc23)[C@H]2C(=O)N(c3ccc(NC(C)=O)cc3)C(=O)[C@@H]21. The number of hydrogen-bond donors (Lipinski definition) is 4. The number of amides is 4. The van der Waals surface area contributed by atoms with Gasteiger partial charge in [-0.15, -0.1) is 0 Å². The van der Waals surface area contributed by atoms with E-state index in [0.29, 0.717) is 29.8 Å². The van der Waals surface area contributed by atoms with Gasteiger partial charge < -0.3 is 15.6 Å². The van der Waals surface area contributed by atoms with Crippen molar-refractivity contribution < 1.29 is 19.2 Å². The van der Waals surface area contributed by atoms with Gasteiger partial charge in [0.15, 0.2) is 0 Å². The summed E-state index contributed by atoms with van der Waals surface area (Å²) in [5.41, 5.74) is 4.00. The minimum absolute atomic E-state index is 0.217. The minimum Gasteiger partial charge on any atom is -0.361 e. The van der Waals surface area contributed by atoms with Gasteiger partial charge in [-0.25, -0.2) is 4.90 Å². The van der Waals surface area contributed by atoms with E-state index in [9.17, 15) is 19.2 Å². The summed E-state index contributed by atoms with van der Waals surface area (Å²) in [6, 6.07) is 19.9. The third kappa shape index (κ3) is 3.58. The third-order valence-corrected chi connectivity index (χ3v) is 8.78. The van der Waals surface area contributed by atoms with E-state index in [-0.39, 0.29) is 17.7 Å². The van der Waals surface area contributed by atoms with Crippen LogP contribution in [-0.4, -0.2) is 34.7 Å². The zero-order valence-corrected chi connectivity index (χ0v) is 22.7. The summed E-state index contributed by atoms with van der Waals surface area (Å²) in [6.07, 6.45) is 3.10. The largest absolute Gasteiger partial charge is 0.361 e. The number of rotatable bonds is 5. The monoisotopic (exact) mass is 547 g/mol. The number of aryl methyl sites for hydroxylation is 1. The maximum absolute atomic E-state index is 14.3. The molecular formula is C32H29N5O4. The van der Waals surface area contributed by atoms with E-state index in [4.69, 9.17) is 0 Å². The van der Waals surface area contributed by atoms with Crippen LogP contribution in [0.1, 0.15) is 30.5 Å². The maximum Gasteiger partial charge on any atom is 0.250 e. The molecule has 0 aliphatic carbocycles. The van der Waals surface area contributed by atoms with E-state index < -0.39 is 29.3 Å². The Morgan fingerprint density at radius 2 is 1.73 bits per heavy atom. The quantitative estimate of drug-likeness (QED) is 0.283. The van der Waals surface area contributed by atoms with E-state index in [1.54, 1.807) is 24.3 Å². The second-order valence-electron chi connectivity index (χ2n) is 11.0. The van der Waals surface area contributed by atoms with Crippen molar-refractivity contribution >= 4 is 51.6 Å². The van der Waals surface area contributed by atoms with Crippen LogP contribution >= 0.6 is 0 Å². The van der Waals surface area contributed by atoms with Crippen molar-refractivity contribution in [3.05, 3.63) is 89.6 Å². The first-order valence-electron chi connectivity index (χ1n) is 13.9. The van der Waals surface area contributed by atoms with Gasteiger partial charge in [0.2, 0.25) is 23.6 Å². The second kappa shape index (κ2) is 9.14. The number of carbonyl (C=O) groups excluding carboxylic acids is 4. The molecular weight excluding hydrogens is 518 g/mol. The molecule has 206 valence electrons. The van der Waals surface area contributed by atoms with Crippen LogP contribution in [0.3, 0.4) is 0 Å². The van der Waals surface area contributed by atoms with Crippen molar-refractivity contribution in [1.29, 1.82) is 0 Å². The molecule has 2 saturated heterocycles. The number of H-pyrrole nitrogens is 1. The molecule has 4 atom stereocenters. The molecule has 4 aromatic rings. The number of hydrogen-bond acceptors (Lipinski definition) is 5. The topological polar surface area (TPSA) is 123 Å². The molecule has 3 aromatic carbocycles. The summed E-state index contributed by atoms with van der Waals surface area (Å²) in [6.45, 7) is 3.44. The molecule has 0 radical (unpaired) electrons. The predicted molar refractivity (Wildman–Crippen MR) is 155 cm³/mol. The fourth-order valence-corrected chi connectivity index (χ4v) is 7.05. The predicted octanol–water partition coefficient (Wildman–Crippen LogP) is 3.86. The average molecular weight is 548 g/mol. The Labute approximate surface area is 236 Å². The summed E-state index contributed by atoms with van der Waals surface area (Å²) in [4.78, 5) is 58.5. The first kappa shape index (κ1) is 25.2. The Kier molecular flexibility index (Phi) is 5.62. The van der Waals surface area contributed by atoms with Gasteiger partial charge in [0.25, 0.3) is 0 Å². The highest BCUT2D eigenvalue weighted by Gasteiger charge is 2.70. The van der Waals surface area contributed by atoms with Crippen LogP contribution in [0.15, 0.2) is 72.9 Å². The van der Waals surface area contributed by atoms with Gasteiger partial charge in [-0.05, 0) is 54.3 Å². The number of para-hydroxylation sites is 2. The molecule has 1 spiro atoms. The highest BCUT2D eigenvalue weighted by atomic mass is 16.2. The summed E-state index contributed by atoms with van der Waals surface area (Å²) >= 11 is 0. The Bertz CT molecular complexity index is 1760. The van der Waals surface area contributed by atoms with Crippen molar-refractivity contribution in [2.24, 2.45) is 11.8 Å². The van der Waals surface area contributed by atoms with Crippen molar-refractivity contribution in [3.8, 4) is 0 Å². The number of benzene rings is 3. The minimum atomic E-state index is -1.38. The van der Waals surface area contributed by atoms with Crippen molar-refractivity contribution in [3.63, 3.8) is 0 Å². The Morgan fingerprint density at radius 1 is 0.951 bits per heavy atom. The average Bonchev–Trinajstić information content (AvgIpc) is 3.67. The molecule has 1 aromatic heterocycles. The Balaban J connectivity index is 1.34. The number of aromatic amines is 1. The molecule has 4 heterocycles. The van der Waals surface area contributed by atoms with Crippen LogP contribution in [0.2, 0.25) is 0 Å². The highest BCUT2D eigenvalue weighted by molar-refractivity contribution is 6.26. The first-order chi connectivity index (χ1) is 19.8. The van der Waals surface area contributed by atoms with Gasteiger partial charge in [0.05, 0.1) is 17.5 Å². The second-order valence-corrected chi connectivity index (χ2v) is 11.0. The molecule has 0 bridgehead atoms.